The van der Waals surface area contributed by atoms with Gasteiger partial charge in [-0.3, -0.25) is 9.69 Å². The Balaban J connectivity index is 1.24. The van der Waals surface area contributed by atoms with Crippen molar-refractivity contribution in [2.24, 2.45) is 0 Å². The number of carbonyl (C=O) groups excluding carboxylic acids is 2. The topological polar surface area (TPSA) is 86.1 Å². The molecule has 9 heteroatoms. The van der Waals surface area contributed by atoms with Crippen LogP contribution in [0.25, 0.3) is 11.1 Å². The first kappa shape index (κ1) is 28.5. The van der Waals surface area contributed by atoms with Gasteiger partial charge in [0.25, 0.3) is 5.91 Å². The Morgan fingerprint density at radius 2 is 1.79 bits per heavy atom. The number of amides is 2. The highest BCUT2D eigenvalue weighted by molar-refractivity contribution is 6.00. The number of nitrogens with zero attached hydrogens (tertiary/aromatic N) is 4. The summed E-state index contributed by atoms with van der Waals surface area (Å²) in [5.74, 6) is 0.416. The van der Waals surface area contributed by atoms with Gasteiger partial charge in [-0.05, 0) is 66.6 Å². The maximum Gasteiger partial charge on any atom is 0.411 e. The van der Waals surface area contributed by atoms with Gasteiger partial charge in [-0.1, -0.05) is 54.6 Å². The van der Waals surface area contributed by atoms with Crippen molar-refractivity contribution in [1.82, 2.24) is 14.7 Å². The molecule has 2 unspecified atom stereocenters. The minimum atomic E-state index is -0.866. The molecule has 0 aliphatic carbocycles. The molecule has 0 spiro atoms. The van der Waals surface area contributed by atoms with Crippen molar-refractivity contribution in [3.8, 4) is 16.9 Å². The summed E-state index contributed by atoms with van der Waals surface area (Å²) in [6, 6.07) is 23.9. The number of methoxy groups -OCH3 is 1. The van der Waals surface area contributed by atoms with E-state index in [9.17, 15) is 9.59 Å². The fourth-order valence-corrected chi connectivity index (χ4v) is 5.72. The molecule has 3 heterocycles. The van der Waals surface area contributed by atoms with Gasteiger partial charge in [0.05, 0.1) is 13.3 Å². The van der Waals surface area contributed by atoms with Crippen molar-refractivity contribution >= 4 is 17.7 Å². The van der Waals surface area contributed by atoms with E-state index in [1.54, 1.807) is 18.1 Å². The Morgan fingerprint density at radius 3 is 2.56 bits per heavy atom. The molecule has 0 radical (unpaired) electrons. The predicted molar refractivity (Wildman–Crippen MR) is 163 cm³/mol. The Bertz CT molecular complexity index is 1530. The highest BCUT2D eigenvalue weighted by Crippen LogP contribution is 2.33. The maximum absolute atomic E-state index is 14.3. The van der Waals surface area contributed by atoms with Crippen molar-refractivity contribution in [3.63, 3.8) is 0 Å². The van der Waals surface area contributed by atoms with Crippen LogP contribution in [0, 0.1) is 0 Å². The fraction of sp³-hybridized carbons (Fsp3) is 0.324. The van der Waals surface area contributed by atoms with Crippen molar-refractivity contribution in [1.29, 1.82) is 0 Å². The van der Waals surface area contributed by atoms with Gasteiger partial charge in [0, 0.05) is 37.1 Å². The van der Waals surface area contributed by atoms with Crippen molar-refractivity contribution in [2.45, 2.75) is 44.6 Å². The predicted octanol–water partition coefficient (Wildman–Crippen LogP) is 6.37. The van der Waals surface area contributed by atoms with Crippen molar-refractivity contribution < 1.29 is 23.8 Å². The molecule has 43 heavy (non-hydrogen) atoms. The second kappa shape index (κ2) is 13.1. The first-order chi connectivity index (χ1) is 21.1. The lowest BCUT2D eigenvalue weighted by Crippen LogP contribution is -2.42. The number of carbonyl (C=O) groups is 2. The number of benzene rings is 3. The van der Waals surface area contributed by atoms with Crippen LogP contribution in [0.15, 0.2) is 91.3 Å². The molecule has 2 saturated heterocycles. The molecule has 9 nitrogen and oxygen atoms in total. The minimum absolute atomic E-state index is 0.0210. The van der Waals surface area contributed by atoms with Crippen molar-refractivity contribution in [2.75, 3.05) is 31.7 Å². The smallest absolute Gasteiger partial charge is 0.411 e. The standard InChI is InChI=1S/C34H36N4O5/c1-41-30-12-7-11-27(21-30)32-33(39)36(18-8-19-37(32)34(40)43-24-25-9-3-2-4-10-25)29-16-14-26(15-17-29)28-22-35-38(23-28)31-13-5-6-20-42-31/h2-4,7,9-12,14-17,21-23,31-32H,5-6,8,13,18-20,24H2,1H3. The quantitative estimate of drug-likeness (QED) is 0.252. The maximum atomic E-state index is 14.3. The second-order valence-electron chi connectivity index (χ2n) is 10.8. The van der Waals surface area contributed by atoms with Gasteiger partial charge < -0.3 is 19.1 Å². The zero-order valence-corrected chi connectivity index (χ0v) is 24.3. The van der Waals surface area contributed by atoms with Gasteiger partial charge >= 0.3 is 6.09 Å². The number of anilines is 1. The van der Waals surface area contributed by atoms with E-state index in [0.717, 1.165) is 48.2 Å². The molecule has 2 atom stereocenters. The molecule has 2 amide bonds. The van der Waals surface area contributed by atoms with Gasteiger partial charge in [0.1, 0.15) is 24.6 Å². The molecule has 0 N–H and O–H groups in total. The van der Waals surface area contributed by atoms with Gasteiger partial charge in [-0.2, -0.15) is 5.10 Å². The van der Waals surface area contributed by atoms with Crippen molar-refractivity contribution in [3.05, 3.63) is 102 Å². The summed E-state index contributed by atoms with van der Waals surface area (Å²) in [5.41, 5.74) is 4.31. The van der Waals surface area contributed by atoms with Gasteiger partial charge in [0.2, 0.25) is 0 Å². The van der Waals surface area contributed by atoms with E-state index in [2.05, 4.69) is 5.10 Å². The summed E-state index contributed by atoms with van der Waals surface area (Å²) in [4.78, 5) is 31.0. The summed E-state index contributed by atoms with van der Waals surface area (Å²) in [6.07, 6.45) is 7.10. The zero-order chi connectivity index (χ0) is 29.6. The van der Waals surface area contributed by atoms with Crippen LogP contribution in [0.4, 0.5) is 10.5 Å². The lowest BCUT2D eigenvalue weighted by atomic mass is 10.0. The molecule has 2 aliphatic rings. The molecular formula is C34H36N4O5. The first-order valence-electron chi connectivity index (χ1n) is 14.8. The second-order valence-corrected chi connectivity index (χ2v) is 10.8. The Hall–Kier alpha value is -4.63. The number of aromatic nitrogens is 2. The minimum Gasteiger partial charge on any atom is -0.497 e. The average Bonchev–Trinajstić information content (AvgIpc) is 3.49. The lowest BCUT2D eigenvalue weighted by Gasteiger charge is -2.30. The van der Waals surface area contributed by atoms with Crippen LogP contribution in [0.3, 0.4) is 0 Å². The summed E-state index contributed by atoms with van der Waals surface area (Å²) in [6.45, 7) is 1.73. The van der Waals surface area contributed by atoms with E-state index in [1.807, 2.05) is 89.9 Å². The molecule has 2 aliphatic heterocycles. The third-order valence-corrected chi connectivity index (χ3v) is 8.01. The van der Waals surface area contributed by atoms with Crippen LogP contribution >= 0.6 is 0 Å². The van der Waals surface area contributed by atoms with E-state index in [0.29, 0.717) is 30.8 Å². The van der Waals surface area contributed by atoms with Gasteiger partial charge in [-0.15, -0.1) is 0 Å². The van der Waals surface area contributed by atoms with Gasteiger partial charge in [0.15, 0.2) is 0 Å². The SMILES string of the molecule is COc1cccc(C2C(=O)N(c3ccc(-c4cnn(C5CCCCO5)c4)cc3)CCCN2C(=O)OCc2ccccc2)c1. The average molecular weight is 581 g/mol. The van der Waals surface area contributed by atoms with Gasteiger partial charge in [-0.25, -0.2) is 9.48 Å². The Morgan fingerprint density at radius 1 is 0.953 bits per heavy atom. The molecule has 1 aromatic heterocycles. The largest absolute Gasteiger partial charge is 0.497 e. The van der Waals surface area contributed by atoms with E-state index < -0.39 is 12.1 Å². The van der Waals surface area contributed by atoms with Crippen LogP contribution in [-0.4, -0.2) is 53.5 Å². The summed E-state index contributed by atoms with van der Waals surface area (Å²) >= 11 is 0. The molecule has 2 fully saturated rings. The van der Waals surface area contributed by atoms with Crippen LogP contribution in [-0.2, 0) is 20.9 Å². The molecule has 4 aromatic rings. The van der Waals surface area contributed by atoms with E-state index in [1.165, 1.54) is 4.90 Å². The molecule has 0 saturated carbocycles. The third kappa shape index (κ3) is 6.41. The number of ether oxygens (including phenoxy) is 3. The monoisotopic (exact) mass is 580 g/mol. The lowest BCUT2D eigenvalue weighted by molar-refractivity contribution is -0.123. The highest BCUT2D eigenvalue weighted by atomic mass is 16.6. The Kier molecular flexibility index (Phi) is 8.70. The van der Waals surface area contributed by atoms with E-state index in [4.69, 9.17) is 14.2 Å². The van der Waals surface area contributed by atoms with Crippen LogP contribution < -0.4 is 9.64 Å². The summed E-state index contributed by atoms with van der Waals surface area (Å²) < 4.78 is 18.9. The third-order valence-electron chi connectivity index (χ3n) is 8.01. The number of hydrogen-bond acceptors (Lipinski definition) is 6. The summed E-state index contributed by atoms with van der Waals surface area (Å²) in [7, 11) is 1.58. The number of rotatable bonds is 7. The fourth-order valence-electron chi connectivity index (χ4n) is 5.72. The normalized spacial score (nSPS) is 19.1. The zero-order valence-electron chi connectivity index (χ0n) is 24.3. The molecule has 0 bridgehead atoms. The van der Waals surface area contributed by atoms with Crippen LogP contribution in [0.5, 0.6) is 5.75 Å². The Labute approximate surface area is 251 Å². The molecule has 6 rings (SSSR count). The van der Waals surface area contributed by atoms with Crippen LogP contribution in [0.1, 0.15) is 49.1 Å². The highest BCUT2D eigenvalue weighted by Gasteiger charge is 2.38. The molecule has 222 valence electrons. The van der Waals surface area contributed by atoms with Crippen LogP contribution in [0.2, 0.25) is 0 Å². The number of hydrogen-bond donors (Lipinski definition) is 0. The van der Waals surface area contributed by atoms with E-state index >= 15 is 0 Å². The molecular weight excluding hydrogens is 544 g/mol. The molecule has 3 aromatic carbocycles. The summed E-state index contributed by atoms with van der Waals surface area (Å²) in [5, 5.41) is 4.54. The van der Waals surface area contributed by atoms with E-state index in [-0.39, 0.29) is 18.7 Å². The first-order valence-corrected chi connectivity index (χ1v) is 14.8.